The molecule has 78 valence electrons. The quantitative estimate of drug-likeness (QED) is 0.356. The molecule has 4 nitrogen and oxygen atoms in total. The molecule has 14 heavy (non-hydrogen) atoms. The molecule has 0 aromatic heterocycles. The van der Waals surface area contributed by atoms with Crippen LogP contribution in [0.15, 0.2) is 9.98 Å². The first-order valence-electron chi connectivity index (χ1n) is 4.86. The summed E-state index contributed by atoms with van der Waals surface area (Å²) in [7, 11) is 0. The summed E-state index contributed by atoms with van der Waals surface area (Å²) in [5.41, 5.74) is -0.947. The van der Waals surface area contributed by atoms with Gasteiger partial charge >= 0.3 is 0 Å². The zero-order valence-electron chi connectivity index (χ0n) is 8.75. The van der Waals surface area contributed by atoms with Gasteiger partial charge in [0.25, 0.3) is 0 Å². The highest BCUT2D eigenvalue weighted by molar-refractivity contribution is 5.38. The second-order valence-corrected chi connectivity index (χ2v) is 3.43. The van der Waals surface area contributed by atoms with Gasteiger partial charge in [0.1, 0.15) is 0 Å². The zero-order valence-corrected chi connectivity index (χ0v) is 8.75. The summed E-state index contributed by atoms with van der Waals surface area (Å²) in [6.45, 7) is 3.75. The van der Waals surface area contributed by atoms with Crippen molar-refractivity contribution in [2.75, 3.05) is 0 Å². The molecule has 0 aromatic carbocycles. The number of nitrogens with zero attached hydrogens (tertiary/aromatic N) is 2. The van der Waals surface area contributed by atoms with E-state index in [1.54, 1.807) is 6.92 Å². The Morgan fingerprint density at radius 1 is 1.07 bits per heavy atom. The van der Waals surface area contributed by atoms with Gasteiger partial charge in [0.2, 0.25) is 12.2 Å². The molecular formula is C10H16N2O2. The highest BCUT2D eigenvalue weighted by Crippen LogP contribution is 2.20. The molecule has 0 N–H and O–H groups in total. The van der Waals surface area contributed by atoms with Gasteiger partial charge in [0, 0.05) is 0 Å². The van der Waals surface area contributed by atoms with Crippen LogP contribution in [-0.4, -0.2) is 17.8 Å². The fourth-order valence-corrected chi connectivity index (χ4v) is 1.22. The topological polar surface area (TPSA) is 58.9 Å². The van der Waals surface area contributed by atoms with Crippen molar-refractivity contribution in [2.24, 2.45) is 9.98 Å². The van der Waals surface area contributed by atoms with Crippen molar-refractivity contribution >= 4 is 12.2 Å². The smallest absolute Gasteiger partial charge is 0.211 e. The van der Waals surface area contributed by atoms with Crippen LogP contribution in [0, 0.1) is 0 Å². The van der Waals surface area contributed by atoms with Crippen LogP contribution in [0.5, 0.6) is 0 Å². The molecule has 0 radical (unpaired) electrons. The minimum atomic E-state index is -0.947. The molecule has 0 unspecified atom stereocenters. The number of carbonyl (C=O) groups excluding carboxylic acids is 2. The number of hydrogen-bond donors (Lipinski definition) is 0. The average Bonchev–Trinajstić information content (AvgIpc) is 2.13. The van der Waals surface area contributed by atoms with Crippen LogP contribution in [0.25, 0.3) is 0 Å². The Hall–Kier alpha value is -1.24. The molecule has 0 atom stereocenters. The lowest BCUT2D eigenvalue weighted by Crippen LogP contribution is -2.18. The maximum atomic E-state index is 10.1. The second kappa shape index (κ2) is 7.19. The summed E-state index contributed by atoms with van der Waals surface area (Å²) in [5, 5.41) is 0. The SMILES string of the molecule is CCCCCCC(C)(N=C=O)N=C=O. The third kappa shape index (κ3) is 5.41. The minimum absolute atomic E-state index is 0.595. The van der Waals surface area contributed by atoms with Crippen molar-refractivity contribution in [1.82, 2.24) is 0 Å². The monoisotopic (exact) mass is 196 g/mol. The van der Waals surface area contributed by atoms with Crippen molar-refractivity contribution in [1.29, 1.82) is 0 Å². The van der Waals surface area contributed by atoms with E-state index in [2.05, 4.69) is 16.9 Å². The number of isocyanates is 2. The molecule has 4 heteroatoms. The van der Waals surface area contributed by atoms with Crippen LogP contribution in [0.1, 0.15) is 46.0 Å². The first-order chi connectivity index (χ1) is 6.68. The fraction of sp³-hybridized carbons (Fsp3) is 0.800. The van der Waals surface area contributed by atoms with Crippen LogP contribution >= 0.6 is 0 Å². The highest BCUT2D eigenvalue weighted by atomic mass is 16.1. The molecule has 0 bridgehead atoms. The summed E-state index contributed by atoms with van der Waals surface area (Å²) in [6.07, 6.45) is 7.72. The molecule has 0 saturated carbocycles. The molecule has 0 rings (SSSR count). The number of hydrogen-bond acceptors (Lipinski definition) is 4. The van der Waals surface area contributed by atoms with Crippen LogP contribution in [0.2, 0.25) is 0 Å². The first kappa shape index (κ1) is 12.8. The molecule has 0 aliphatic heterocycles. The first-order valence-corrected chi connectivity index (χ1v) is 4.86. The van der Waals surface area contributed by atoms with Crippen molar-refractivity contribution in [2.45, 2.75) is 51.6 Å². The Balaban J connectivity index is 4.10. The molecule has 0 fully saturated rings. The van der Waals surface area contributed by atoms with Gasteiger partial charge in [-0.2, -0.15) is 9.98 Å². The van der Waals surface area contributed by atoms with E-state index in [-0.39, 0.29) is 0 Å². The Labute approximate surface area is 84.1 Å². The number of rotatable bonds is 7. The van der Waals surface area contributed by atoms with E-state index in [4.69, 9.17) is 0 Å². The lowest BCUT2D eigenvalue weighted by molar-refractivity contribution is 0.420. The predicted molar refractivity (Wildman–Crippen MR) is 53.4 cm³/mol. The zero-order chi connectivity index (χ0) is 10.9. The van der Waals surface area contributed by atoms with Gasteiger partial charge in [-0.1, -0.05) is 26.2 Å². The molecule has 0 spiro atoms. The summed E-state index contributed by atoms with van der Waals surface area (Å²) in [5.74, 6) is 0. The molecule has 0 aliphatic rings. The van der Waals surface area contributed by atoms with Crippen molar-refractivity contribution in [3.05, 3.63) is 0 Å². The van der Waals surface area contributed by atoms with Gasteiger partial charge in [0.05, 0.1) is 0 Å². The fourth-order valence-electron chi connectivity index (χ4n) is 1.22. The van der Waals surface area contributed by atoms with Gasteiger partial charge in [0.15, 0.2) is 5.66 Å². The van der Waals surface area contributed by atoms with E-state index in [1.165, 1.54) is 12.2 Å². The lowest BCUT2D eigenvalue weighted by Gasteiger charge is -2.15. The van der Waals surface area contributed by atoms with Crippen molar-refractivity contribution in [3.8, 4) is 0 Å². The van der Waals surface area contributed by atoms with E-state index < -0.39 is 5.66 Å². The Bertz CT molecular complexity index is 233. The van der Waals surface area contributed by atoms with Gasteiger partial charge in [-0.05, 0) is 19.8 Å². The molecule has 0 heterocycles. The maximum Gasteiger partial charge on any atom is 0.237 e. The molecule has 0 saturated heterocycles. The van der Waals surface area contributed by atoms with Crippen LogP contribution in [0.3, 0.4) is 0 Å². The van der Waals surface area contributed by atoms with Crippen LogP contribution in [0.4, 0.5) is 0 Å². The highest BCUT2D eigenvalue weighted by Gasteiger charge is 2.21. The summed E-state index contributed by atoms with van der Waals surface area (Å²) < 4.78 is 0. The molecule has 0 aromatic rings. The standard InChI is InChI=1S/C10H16N2O2/c1-3-4-5-6-7-10(2,11-8-13)12-9-14/h3-7H2,1-2H3. The molecule has 0 aliphatic carbocycles. The van der Waals surface area contributed by atoms with Gasteiger partial charge < -0.3 is 0 Å². The van der Waals surface area contributed by atoms with Crippen molar-refractivity contribution in [3.63, 3.8) is 0 Å². The Kier molecular flexibility index (Phi) is 6.55. The molecule has 0 amide bonds. The Morgan fingerprint density at radius 2 is 1.64 bits per heavy atom. The Morgan fingerprint density at radius 3 is 2.07 bits per heavy atom. The van der Waals surface area contributed by atoms with Gasteiger partial charge in [-0.25, -0.2) is 9.59 Å². The normalized spacial score (nSPS) is 13.6. The number of unbranched alkanes of at least 4 members (excludes halogenated alkanes) is 3. The van der Waals surface area contributed by atoms with Crippen LogP contribution in [-0.2, 0) is 9.59 Å². The van der Waals surface area contributed by atoms with Gasteiger partial charge in [-0.3, -0.25) is 0 Å². The summed E-state index contributed by atoms with van der Waals surface area (Å²) in [4.78, 5) is 27.2. The minimum Gasteiger partial charge on any atom is -0.211 e. The lowest BCUT2D eigenvalue weighted by atomic mass is 10.0. The summed E-state index contributed by atoms with van der Waals surface area (Å²) in [6, 6.07) is 0. The third-order valence-electron chi connectivity index (χ3n) is 2.08. The van der Waals surface area contributed by atoms with E-state index in [9.17, 15) is 9.59 Å². The van der Waals surface area contributed by atoms with Gasteiger partial charge in [-0.15, -0.1) is 0 Å². The van der Waals surface area contributed by atoms with E-state index in [1.807, 2.05) is 0 Å². The third-order valence-corrected chi connectivity index (χ3v) is 2.08. The van der Waals surface area contributed by atoms with E-state index >= 15 is 0 Å². The predicted octanol–water partition coefficient (Wildman–Crippen LogP) is 2.34. The maximum absolute atomic E-state index is 10.1. The summed E-state index contributed by atoms with van der Waals surface area (Å²) >= 11 is 0. The molecular weight excluding hydrogens is 180 g/mol. The largest absolute Gasteiger partial charge is 0.237 e. The van der Waals surface area contributed by atoms with Crippen LogP contribution < -0.4 is 0 Å². The van der Waals surface area contributed by atoms with E-state index in [0.29, 0.717) is 6.42 Å². The number of aliphatic imine (C=N–C) groups is 2. The van der Waals surface area contributed by atoms with Crippen molar-refractivity contribution < 1.29 is 9.59 Å². The van der Waals surface area contributed by atoms with E-state index in [0.717, 1.165) is 25.7 Å². The second-order valence-electron chi connectivity index (χ2n) is 3.43. The average molecular weight is 196 g/mol.